The smallest absolute Gasteiger partial charge is 0.188 e. The van der Waals surface area contributed by atoms with Crippen LogP contribution in [0.2, 0.25) is 0 Å². The number of Topliss-reactive ketones (excluding diaryl/α,β-unsaturated/α-hetero) is 1. The van der Waals surface area contributed by atoms with Gasteiger partial charge in [-0.05, 0) is 16.9 Å². The fourth-order valence-corrected chi connectivity index (χ4v) is 2.16. The lowest BCUT2D eigenvalue weighted by Crippen LogP contribution is -2.45. The van der Waals surface area contributed by atoms with E-state index in [1.54, 1.807) is 20.8 Å². The van der Waals surface area contributed by atoms with Crippen LogP contribution in [0.5, 0.6) is 0 Å². The van der Waals surface area contributed by atoms with Gasteiger partial charge in [-0.1, -0.05) is 41.5 Å². The summed E-state index contributed by atoms with van der Waals surface area (Å²) in [5.41, 5.74) is -2.19. The quantitative estimate of drug-likeness (QED) is 0.604. The van der Waals surface area contributed by atoms with Gasteiger partial charge in [-0.2, -0.15) is 5.26 Å². The second kappa shape index (κ2) is 3.53. The first-order valence-corrected chi connectivity index (χ1v) is 5.71. The van der Waals surface area contributed by atoms with Crippen LogP contribution in [-0.4, -0.2) is 11.6 Å². The van der Waals surface area contributed by atoms with Crippen molar-refractivity contribution in [1.82, 2.24) is 0 Å². The Morgan fingerprint density at radius 2 is 1.59 bits per heavy atom. The van der Waals surface area contributed by atoms with Gasteiger partial charge in [0.2, 0.25) is 0 Å². The van der Waals surface area contributed by atoms with Crippen LogP contribution in [0, 0.1) is 27.6 Å². The molecule has 0 fully saturated rings. The first-order chi connectivity index (χ1) is 7.48. The van der Waals surface area contributed by atoms with Crippen molar-refractivity contribution in [3.05, 3.63) is 11.6 Å². The molecular formula is C14H19NO2. The summed E-state index contributed by atoms with van der Waals surface area (Å²) in [6.07, 6.45) is 1.36. The minimum Gasteiger partial charge on any atom is -0.292 e. The van der Waals surface area contributed by atoms with Crippen LogP contribution in [0.15, 0.2) is 11.6 Å². The number of nitriles is 1. The lowest BCUT2D eigenvalue weighted by Gasteiger charge is -2.33. The zero-order chi connectivity index (χ0) is 13.6. The number of rotatable bonds is 0. The Morgan fingerprint density at radius 1 is 1.12 bits per heavy atom. The number of hydrogen-bond acceptors (Lipinski definition) is 3. The van der Waals surface area contributed by atoms with E-state index in [9.17, 15) is 14.9 Å². The highest BCUT2D eigenvalue weighted by atomic mass is 16.2. The molecule has 0 unspecified atom stereocenters. The van der Waals surface area contributed by atoms with Crippen molar-refractivity contribution in [2.75, 3.05) is 0 Å². The van der Waals surface area contributed by atoms with E-state index in [1.807, 2.05) is 26.8 Å². The van der Waals surface area contributed by atoms with Crippen molar-refractivity contribution >= 4 is 11.6 Å². The minimum atomic E-state index is -1.55. The van der Waals surface area contributed by atoms with Crippen LogP contribution < -0.4 is 0 Å². The molecular weight excluding hydrogens is 214 g/mol. The predicted molar refractivity (Wildman–Crippen MR) is 65.1 cm³/mol. The highest BCUT2D eigenvalue weighted by Gasteiger charge is 2.59. The number of carbonyl (C=O) groups excluding carboxylic acids is 2. The van der Waals surface area contributed by atoms with Gasteiger partial charge in [0.15, 0.2) is 17.0 Å². The largest absolute Gasteiger partial charge is 0.292 e. The predicted octanol–water partition coefficient (Wildman–Crippen LogP) is 2.67. The number of hydrogen-bond donors (Lipinski definition) is 0. The summed E-state index contributed by atoms with van der Waals surface area (Å²) in [5, 5.41) is 9.35. The van der Waals surface area contributed by atoms with Crippen molar-refractivity contribution in [2.24, 2.45) is 16.2 Å². The van der Waals surface area contributed by atoms with Gasteiger partial charge in [-0.15, -0.1) is 0 Å². The molecule has 0 aromatic heterocycles. The van der Waals surface area contributed by atoms with Crippen LogP contribution in [-0.2, 0) is 9.59 Å². The zero-order valence-electron chi connectivity index (χ0n) is 11.3. The van der Waals surface area contributed by atoms with E-state index in [0.29, 0.717) is 5.57 Å². The lowest BCUT2D eigenvalue weighted by molar-refractivity contribution is -0.136. The van der Waals surface area contributed by atoms with Crippen molar-refractivity contribution in [3.63, 3.8) is 0 Å². The molecule has 0 radical (unpaired) electrons. The summed E-state index contributed by atoms with van der Waals surface area (Å²) >= 11 is 0. The van der Waals surface area contributed by atoms with Crippen molar-refractivity contribution in [3.8, 4) is 6.07 Å². The van der Waals surface area contributed by atoms with E-state index < -0.39 is 16.2 Å². The van der Waals surface area contributed by atoms with E-state index in [2.05, 4.69) is 0 Å². The van der Waals surface area contributed by atoms with E-state index in [4.69, 9.17) is 0 Å². The molecule has 0 heterocycles. The van der Waals surface area contributed by atoms with E-state index >= 15 is 0 Å². The molecule has 92 valence electrons. The maximum absolute atomic E-state index is 12.5. The van der Waals surface area contributed by atoms with Gasteiger partial charge in [-0.3, -0.25) is 9.59 Å². The van der Waals surface area contributed by atoms with E-state index in [1.165, 1.54) is 6.08 Å². The van der Waals surface area contributed by atoms with Gasteiger partial charge in [0.25, 0.3) is 0 Å². The van der Waals surface area contributed by atoms with Gasteiger partial charge in [0.05, 0.1) is 6.07 Å². The zero-order valence-corrected chi connectivity index (χ0v) is 11.3. The number of ketones is 2. The van der Waals surface area contributed by atoms with Crippen LogP contribution in [0.1, 0.15) is 41.5 Å². The second-order valence-corrected chi connectivity index (χ2v) is 6.61. The van der Waals surface area contributed by atoms with Gasteiger partial charge in [0.1, 0.15) is 0 Å². The molecule has 0 spiro atoms. The van der Waals surface area contributed by atoms with Crippen LogP contribution in [0.4, 0.5) is 0 Å². The first-order valence-electron chi connectivity index (χ1n) is 5.71. The van der Waals surface area contributed by atoms with Crippen molar-refractivity contribution < 1.29 is 9.59 Å². The summed E-state index contributed by atoms with van der Waals surface area (Å²) < 4.78 is 0. The molecule has 3 heteroatoms. The molecule has 1 aliphatic rings. The summed E-state index contributed by atoms with van der Waals surface area (Å²) in [4.78, 5) is 24.6. The molecule has 0 bridgehead atoms. The summed E-state index contributed by atoms with van der Waals surface area (Å²) in [5.74, 6) is -0.701. The highest BCUT2D eigenvalue weighted by molar-refractivity contribution is 6.28. The molecule has 1 atom stereocenters. The fourth-order valence-electron chi connectivity index (χ4n) is 2.16. The molecule has 0 saturated carbocycles. The molecule has 0 aliphatic heterocycles. The average Bonchev–Trinajstić information content (AvgIpc) is 2.37. The third-order valence-corrected chi connectivity index (χ3v) is 3.33. The maximum Gasteiger partial charge on any atom is 0.188 e. The Morgan fingerprint density at radius 3 is 1.76 bits per heavy atom. The highest BCUT2D eigenvalue weighted by Crippen LogP contribution is 2.48. The van der Waals surface area contributed by atoms with E-state index in [-0.39, 0.29) is 11.6 Å². The first kappa shape index (κ1) is 13.6. The lowest BCUT2D eigenvalue weighted by atomic mass is 9.63. The molecule has 1 aliphatic carbocycles. The molecule has 1 rings (SSSR count). The number of carbonyl (C=O) groups is 2. The maximum atomic E-state index is 12.5. The third-order valence-electron chi connectivity index (χ3n) is 3.33. The minimum absolute atomic E-state index is 0.329. The van der Waals surface area contributed by atoms with Crippen molar-refractivity contribution in [2.45, 2.75) is 41.5 Å². The standard InChI is InChI=1S/C14H19NO2/c1-12(2,3)9-7-10(16)14(8-15,11(9)17)13(4,5)6/h7H,1-6H3/t14-/m0/s1. The summed E-state index contributed by atoms with van der Waals surface area (Å²) in [6.45, 7) is 10.9. The Labute approximate surface area is 103 Å². The fraction of sp³-hybridized carbons (Fsp3) is 0.643. The molecule has 0 saturated heterocycles. The molecule has 0 amide bonds. The number of nitrogens with zero attached hydrogens (tertiary/aromatic N) is 1. The topological polar surface area (TPSA) is 57.9 Å². The second-order valence-electron chi connectivity index (χ2n) is 6.61. The number of allylic oxidation sites excluding steroid dienone is 2. The normalized spacial score (nSPS) is 25.8. The van der Waals surface area contributed by atoms with Gasteiger partial charge >= 0.3 is 0 Å². The van der Waals surface area contributed by atoms with Gasteiger partial charge in [-0.25, -0.2) is 0 Å². The molecule has 0 aromatic carbocycles. The molecule has 3 nitrogen and oxygen atoms in total. The molecule has 0 aromatic rings. The third kappa shape index (κ3) is 1.72. The summed E-state index contributed by atoms with van der Waals surface area (Å²) in [6, 6.07) is 1.97. The SMILES string of the molecule is CC(C)(C)C1=CC(=O)[C@](C#N)(C(C)(C)C)C1=O. The van der Waals surface area contributed by atoms with Gasteiger partial charge in [0, 0.05) is 5.57 Å². The Hall–Kier alpha value is -1.43. The average molecular weight is 233 g/mol. The monoisotopic (exact) mass is 233 g/mol. The Bertz CT molecular complexity index is 452. The molecule has 17 heavy (non-hydrogen) atoms. The van der Waals surface area contributed by atoms with Crippen molar-refractivity contribution in [1.29, 1.82) is 5.26 Å². The van der Waals surface area contributed by atoms with Crippen LogP contribution in [0.25, 0.3) is 0 Å². The molecule has 0 N–H and O–H groups in total. The van der Waals surface area contributed by atoms with E-state index in [0.717, 1.165) is 0 Å². The Balaban J connectivity index is 3.43. The van der Waals surface area contributed by atoms with Gasteiger partial charge < -0.3 is 0 Å². The van der Waals surface area contributed by atoms with Crippen LogP contribution in [0.3, 0.4) is 0 Å². The van der Waals surface area contributed by atoms with Crippen LogP contribution >= 0.6 is 0 Å². The summed E-state index contributed by atoms with van der Waals surface area (Å²) in [7, 11) is 0. The Kier molecular flexibility index (Phi) is 2.83.